The van der Waals surface area contributed by atoms with Crippen molar-refractivity contribution in [2.45, 2.75) is 45.6 Å². The molecule has 25 heavy (non-hydrogen) atoms. The Morgan fingerprint density at radius 3 is 2.64 bits per heavy atom. The van der Waals surface area contributed by atoms with Crippen molar-refractivity contribution >= 4 is 5.71 Å². The molecule has 6 nitrogen and oxygen atoms in total. The summed E-state index contributed by atoms with van der Waals surface area (Å²) in [5.74, 6) is -1.30. The Balaban J connectivity index is 2.27. The summed E-state index contributed by atoms with van der Waals surface area (Å²) in [5, 5.41) is 42.4. The van der Waals surface area contributed by atoms with Gasteiger partial charge in [-0.3, -0.25) is 4.68 Å². The van der Waals surface area contributed by atoms with E-state index in [2.05, 4.69) is 23.3 Å². The van der Waals surface area contributed by atoms with E-state index in [-0.39, 0.29) is 11.6 Å². The highest BCUT2D eigenvalue weighted by atomic mass is 15.3. The maximum atomic E-state index is 9.93. The standard InChI is InChI=1S/C19H20N6/c1-3-25-12(2)16(9-24-25)17-14-7-5-4-6-13(14)15(8-20)18(23)19(17,10-21)11-22/h6,9,14-15,17,23H,3-5,7H2,1-2H3. The van der Waals surface area contributed by atoms with Gasteiger partial charge in [0.1, 0.15) is 5.92 Å². The Labute approximate surface area is 147 Å². The van der Waals surface area contributed by atoms with Gasteiger partial charge in [-0.2, -0.15) is 20.9 Å². The van der Waals surface area contributed by atoms with Gasteiger partial charge in [0, 0.05) is 18.2 Å². The molecular formula is C19H20N6. The van der Waals surface area contributed by atoms with Gasteiger partial charge in [-0.15, -0.1) is 0 Å². The van der Waals surface area contributed by atoms with Gasteiger partial charge in [0.2, 0.25) is 0 Å². The summed E-state index contributed by atoms with van der Waals surface area (Å²) in [6.45, 7) is 4.64. The minimum atomic E-state index is -1.62. The first kappa shape index (κ1) is 16.9. The third kappa shape index (κ3) is 2.20. The first-order valence-corrected chi connectivity index (χ1v) is 8.59. The highest BCUT2D eigenvalue weighted by Gasteiger charge is 2.57. The summed E-state index contributed by atoms with van der Waals surface area (Å²) >= 11 is 0. The first-order valence-electron chi connectivity index (χ1n) is 8.59. The minimum Gasteiger partial charge on any atom is -0.305 e. The second-order valence-electron chi connectivity index (χ2n) is 6.73. The van der Waals surface area contributed by atoms with Crippen LogP contribution in [-0.2, 0) is 6.54 Å². The number of rotatable bonds is 2. The predicted octanol–water partition coefficient (Wildman–Crippen LogP) is 3.23. The molecule has 0 saturated heterocycles. The molecule has 2 aliphatic carbocycles. The first-order chi connectivity index (χ1) is 12.1. The van der Waals surface area contributed by atoms with Gasteiger partial charge in [-0.25, -0.2) is 0 Å². The fourth-order valence-electron chi connectivity index (χ4n) is 4.44. The summed E-state index contributed by atoms with van der Waals surface area (Å²) in [4.78, 5) is 0. The zero-order chi connectivity index (χ0) is 18.2. The maximum Gasteiger partial charge on any atom is 0.189 e. The molecule has 3 atom stereocenters. The van der Waals surface area contributed by atoms with E-state index in [1.807, 2.05) is 24.6 Å². The van der Waals surface area contributed by atoms with Crippen LogP contribution < -0.4 is 0 Å². The zero-order valence-electron chi connectivity index (χ0n) is 14.5. The lowest BCUT2D eigenvalue weighted by Crippen LogP contribution is -2.48. The predicted molar refractivity (Wildman–Crippen MR) is 91.3 cm³/mol. The molecule has 1 saturated carbocycles. The minimum absolute atomic E-state index is 0.0694. The van der Waals surface area contributed by atoms with Crippen molar-refractivity contribution in [3.05, 3.63) is 29.1 Å². The fourth-order valence-corrected chi connectivity index (χ4v) is 4.44. The SMILES string of the molecule is CCn1ncc(C2C3CCCC=C3C(C#N)C(=N)C2(C#N)C#N)c1C. The van der Waals surface area contributed by atoms with Gasteiger partial charge in [0.25, 0.3) is 0 Å². The Bertz CT molecular complexity index is 855. The molecule has 3 unspecified atom stereocenters. The summed E-state index contributed by atoms with van der Waals surface area (Å²) in [6, 6.07) is 6.40. The molecule has 0 radical (unpaired) electrons. The second kappa shape index (κ2) is 6.19. The monoisotopic (exact) mass is 332 g/mol. The van der Waals surface area contributed by atoms with E-state index >= 15 is 0 Å². The molecule has 1 N–H and O–H groups in total. The van der Waals surface area contributed by atoms with Gasteiger partial charge < -0.3 is 5.41 Å². The van der Waals surface area contributed by atoms with E-state index in [4.69, 9.17) is 5.41 Å². The highest BCUT2D eigenvalue weighted by Crippen LogP contribution is 2.55. The molecule has 6 heteroatoms. The molecular weight excluding hydrogens is 312 g/mol. The Hall–Kier alpha value is -2.91. The van der Waals surface area contributed by atoms with Gasteiger partial charge >= 0.3 is 0 Å². The summed E-state index contributed by atoms with van der Waals surface area (Å²) in [6.07, 6.45) is 6.44. The van der Waals surface area contributed by atoms with Crippen molar-refractivity contribution in [3.63, 3.8) is 0 Å². The van der Waals surface area contributed by atoms with Crippen LogP contribution in [0.15, 0.2) is 17.8 Å². The molecule has 126 valence electrons. The molecule has 0 amide bonds. The van der Waals surface area contributed by atoms with E-state index in [1.54, 1.807) is 6.20 Å². The lowest BCUT2D eigenvalue weighted by Gasteiger charge is -2.45. The van der Waals surface area contributed by atoms with E-state index in [0.717, 1.165) is 36.1 Å². The van der Waals surface area contributed by atoms with Crippen LogP contribution in [0.1, 0.15) is 43.4 Å². The molecule has 1 fully saturated rings. The topological polar surface area (TPSA) is 113 Å². The average molecular weight is 332 g/mol. The van der Waals surface area contributed by atoms with Crippen molar-refractivity contribution in [1.82, 2.24) is 9.78 Å². The Morgan fingerprint density at radius 2 is 2.08 bits per heavy atom. The van der Waals surface area contributed by atoms with Crippen molar-refractivity contribution < 1.29 is 0 Å². The molecule has 0 aliphatic heterocycles. The molecule has 0 aromatic carbocycles. The molecule has 0 spiro atoms. The number of hydrogen-bond donors (Lipinski definition) is 1. The van der Waals surface area contributed by atoms with Crippen LogP contribution in [0, 0.1) is 63.6 Å². The number of aryl methyl sites for hydroxylation is 1. The highest BCUT2D eigenvalue weighted by molar-refractivity contribution is 6.00. The fraction of sp³-hybridized carbons (Fsp3) is 0.526. The molecule has 1 aromatic rings. The quantitative estimate of drug-likeness (QED) is 0.837. The number of allylic oxidation sites excluding steroid dienone is 2. The smallest absolute Gasteiger partial charge is 0.189 e. The zero-order valence-corrected chi connectivity index (χ0v) is 14.5. The van der Waals surface area contributed by atoms with Crippen LogP contribution in [0.2, 0.25) is 0 Å². The van der Waals surface area contributed by atoms with E-state index in [1.165, 1.54) is 0 Å². The number of aromatic nitrogens is 2. The van der Waals surface area contributed by atoms with Crippen LogP contribution in [0.4, 0.5) is 0 Å². The van der Waals surface area contributed by atoms with Gasteiger partial charge in [0.05, 0.1) is 30.1 Å². The van der Waals surface area contributed by atoms with Crippen LogP contribution in [0.5, 0.6) is 0 Å². The van der Waals surface area contributed by atoms with Crippen LogP contribution in [0.3, 0.4) is 0 Å². The number of fused-ring (bicyclic) bond motifs is 1. The number of nitrogens with zero attached hydrogens (tertiary/aromatic N) is 5. The van der Waals surface area contributed by atoms with Crippen LogP contribution in [0.25, 0.3) is 0 Å². The molecule has 0 bridgehead atoms. The largest absolute Gasteiger partial charge is 0.305 e. The molecule has 3 rings (SSSR count). The van der Waals surface area contributed by atoms with E-state index < -0.39 is 17.3 Å². The lowest BCUT2D eigenvalue weighted by atomic mass is 9.53. The van der Waals surface area contributed by atoms with Crippen LogP contribution in [-0.4, -0.2) is 15.5 Å². The molecule has 1 heterocycles. The maximum absolute atomic E-state index is 9.93. The third-order valence-corrected chi connectivity index (χ3v) is 5.70. The second-order valence-corrected chi connectivity index (χ2v) is 6.73. The Kier molecular flexibility index (Phi) is 4.19. The third-order valence-electron chi connectivity index (χ3n) is 5.70. The van der Waals surface area contributed by atoms with Crippen molar-refractivity contribution in [2.24, 2.45) is 17.3 Å². The van der Waals surface area contributed by atoms with Crippen LogP contribution >= 0.6 is 0 Å². The number of nitrogens with one attached hydrogen (secondary N) is 1. The number of nitriles is 3. The molecule has 1 aromatic heterocycles. The Morgan fingerprint density at radius 1 is 1.36 bits per heavy atom. The van der Waals surface area contributed by atoms with Gasteiger partial charge in [-0.1, -0.05) is 6.08 Å². The molecule has 2 aliphatic rings. The van der Waals surface area contributed by atoms with E-state index in [9.17, 15) is 15.8 Å². The summed E-state index contributed by atoms with van der Waals surface area (Å²) in [5.41, 5.74) is 0.984. The van der Waals surface area contributed by atoms with Crippen molar-refractivity contribution in [3.8, 4) is 18.2 Å². The van der Waals surface area contributed by atoms with Gasteiger partial charge in [-0.05, 0) is 50.2 Å². The number of hydrogen-bond acceptors (Lipinski definition) is 5. The summed E-state index contributed by atoms with van der Waals surface area (Å²) in [7, 11) is 0. The average Bonchev–Trinajstić information content (AvgIpc) is 3.01. The lowest BCUT2D eigenvalue weighted by molar-refractivity contribution is 0.319. The van der Waals surface area contributed by atoms with Crippen molar-refractivity contribution in [1.29, 1.82) is 21.2 Å². The van der Waals surface area contributed by atoms with E-state index in [0.29, 0.717) is 6.54 Å². The normalized spacial score (nSPS) is 27.4. The summed E-state index contributed by atoms with van der Waals surface area (Å²) < 4.78 is 1.85. The van der Waals surface area contributed by atoms with Gasteiger partial charge in [0.15, 0.2) is 5.41 Å². The van der Waals surface area contributed by atoms with Crippen molar-refractivity contribution in [2.75, 3.05) is 0 Å².